The Morgan fingerprint density at radius 2 is 1.92 bits per heavy atom. The summed E-state index contributed by atoms with van der Waals surface area (Å²) in [5.41, 5.74) is -0.435. The zero-order valence-electron chi connectivity index (χ0n) is 16.2. The van der Waals surface area contributed by atoms with Crippen molar-refractivity contribution in [3.63, 3.8) is 0 Å². The van der Waals surface area contributed by atoms with Crippen LogP contribution in [0.1, 0.15) is 45.9 Å². The van der Waals surface area contributed by atoms with Crippen molar-refractivity contribution < 1.29 is 13.9 Å². The molecule has 2 rings (SSSR count). The summed E-state index contributed by atoms with van der Waals surface area (Å²) >= 11 is 0. The van der Waals surface area contributed by atoms with E-state index in [1.807, 2.05) is 34.6 Å². The van der Waals surface area contributed by atoms with E-state index in [1.165, 1.54) is 23.4 Å². The van der Waals surface area contributed by atoms with Crippen molar-refractivity contribution in [3.8, 4) is 0 Å². The van der Waals surface area contributed by atoms with Crippen molar-refractivity contribution in [1.82, 2.24) is 14.9 Å². The molecule has 6 heteroatoms. The Bertz CT molecular complexity index is 759. The first-order valence-electron chi connectivity index (χ1n) is 8.58. The molecule has 0 N–H and O–H groups in total. The highest BCUT2D eigenvalue weighted by Crippen LogP contribution is 2.41. The molecule has 1 amide bonds. The fraction of sp³-hybridized carbons (Fsp3) is 0.450. The Morgan fingerprint density at radius 1 is 1.23 bits per heavy atom. The SMILES string of the molecule is CC(C)C(c1cccc(F)c1)(c1ccncn1)N(C)C(=O)OC(C)(C)C. The van der Waals surface area contributed by atoms with Gasteiger partial charge in [0.05, 0.1) is 5.69 Å². The first kappa shape index (κ1) is 19.8. The molecule has 0 radical (unpaired) electrons. The van der Waals surface area contributed by atoms with E-state index in [2.05, 4.69) is 9.97 Å². The van der Waals surface area contributed by atoms with Gasteiger partial charge in [-0.05, 0) is 50.5 Å². The molecule has 0 bridgehead atoms. The zero-order valence-corrected chi connectivity index (χ0v) is 16.2. The summed E-state index contributed by atoms with van der Waals surface area (Å²) in [4.78, 5) is 22.8. The van der Waals surface area contributed by atoms with Crippen molar-refractivity contribution in [1.29, 1.82) is 0 Å². The molecule has 1 unspecified atom stereocenters. The summed E-state index contributed by atoms with van der Waals surface area (Å²) in [6.45, 7) is 9.36. The van der Waals surface area contributed by atoms with Crippen LogP contribution in [0.4, 0.5) is 9.18 Å². The monoisotopic (exact) mass is 359 g/mol. The van der Waals surface area contributed by atoms with Gasteiger partial charge in [-0.1, -0.05) is 26.0 Å². The predicted octanol–water partition coefficient (Wildman–Crippen LogP) is 4.38. The molecule has 1 atom stereocenters. The third-order valence-electron chi connectivity index (χ3n) is 4.27. The number of aromatic nitrogens is 2. The fourth-order valence-electron chi connectivity index (χ4n) is 3.25. The van der Waals surface area contributed by atoms with Crippen molar-refractivity contribution in [2.24, 2.45) is 5.92 Å². The normalized spacial score (nSPS) is 14.0. The van der Waals surface area contributed by atoms with Crippen LogP contribution in [-0.4, -0.2) is 33.6 Å². The van der Waals surface area contributed by atoms with E-state index in [0.29, 0.717) is 11.3 Å². The molecule has 140 valence electrons. The van der Waals surface area contributed by atoms with Crippen molar-refractivity contribution in [2.75, 3.05) is 7.05 Å². The van der Waals surface area contributed by atoms with Gasteiger partial charge in [0, 0.05) is 13.2 Å². The maximum Gasteiger partial charge on any atom is 0.411 e. The van der Waals surface area contributed by atoms with Gasteiger partial charge in [-0.15, -0.1) is 0 Å². The molecule has 2 aromatic rings. The maximum atomic E-state index is 14.0. The van der Waals surface area contributed by atoms with Gasteiger partial charge in [-0.25, -0.2) is 19.2 Å². The second kappa shape index (κ2) is 7.40. The Hall–Kier alpha value is -2.50. The zero-order chi connectivity index (χ0) is 19.5. The van der Waals surface area contributed by atoms with Crippen molar-refractivity contribution in [3.05, 3.63) is 59.9 Å². The molecule has 0 saturated carbocycles. The van der Waals surface area contributed by atoms with Gasteiger partial charge in [0.25, 0.3) is 0 Å². The summed E-state index contributed by atoms with van der Waals surface area (Å²) in [5, 5.41) is 0. The van der Waals surface area contributed by atoms with Crippen LogP contribution >= 0.6 is 0 Å². The summed E-state index contributed by atoms with van der Waals surface area (Å²) < 4.78 is 19.6. The number of rotatable bonds is 4. The molecule has 0 aliphatic heterocycles. The minimum Gasteiger partial charge on any atom is -0.444 e. The van der Waals surface area contributed by atoms with Gasteiger partial charge in [0.2, 0.25) is 0 Å². The van der Waals surface area contributed by atoms with Crippen molar-refractivity contribution >= 4 is 6.09 Å². The third-order valence-corrected chi connectivity index (χ3v) is 4.27. The molecule has 5 nitrogen and oxygen atoms in total. The highest BCUT2D eigenvalue weighted by Gasteiger charge is 2.46. The number of hydrogen-bond acceptors (Lipinski definition) is 4. The quantitative estimate of drug-likeness (QED) is 0.813. The number of carbonyl (C=O) groups excluding carboxylic acids is 1. The third kappa shape index (κ3) is 3.84. The van der Waals surface area contributed by atoms with E-state index >= 15 is 0 Å². The number of benzene rings is 1. The Labute approximate surface area is 154 Å². The second-order valence-electron chi connectivity index (χ2n) is 7.57. The molecular formula is C20H26FN3O2. The van der Waals surface area contributed by atoms with E-state index in [4.69, 9.17) is 4.74 Å². The molecule has 1 aromatic carbocycles. The van der Waals surface area contributed by atoms with Gasteiger partial charge >= 0.3 is 6.09 Å². The topological polar surface area (TPSA) is 55.3 Å². The van der Waals surface area contributed by atoms with Crippen LogP contribution < -0.4 is 0 Å². The first-order valence-corrected chi connectivity index (χ1v) is 8.58. The molecule has 0 aliphatic rings. The molecule has 0 spiro atoms. The Kier molecular flexibility index (Phi) is 5.64. The lowest BCUT2D eigenvalue weighted by atomic mass is 9.75. The minimum absolute atomic E-state index is 0.114. The maximum absolute atomic E-state index is 14.0. The van der Waals surface area contributed by atoms with Gasteiger partial charge in [-0.2, -0.15) is 0 Å². The second-order valence-corrected chi connectivity index (χ2v) is 7.57. The predicted molar refractivity (Wildman–Crippen MR) is 98.0 cm³/mol. The minimum atomic E-state index is -1.01. The molecule has 1 heterocycles. The summed E-state index contributed by atoms with van der Waals surface area (Å²) in [5.74, 6) is -0.490. The number of ether oxygens (including phenoxy) is 1. The summed E-state index contributed by atoms with van der Waals surface area (Å²) in [6.07, 6.45) is 2.53. The van der Waals surface area contributed by atoms with E-state index in [0.717, 1.165) is 0 Å². The Morgan fingerprint density at radius 3 is 2.42 bits per heavy atom. The lowest BCUT2D eigenvalue weighted by Crippen LogP contribution is -2.53. The standard InChI is InChI=1S/C20H26FN3O2/c1-14(2)20(17-10-11-22-13-23-17,15-8-7-9-16(21)12-15)24(6)18(25)26-19(3,4)5/h7-14H,1-6H3. The number of halogens is 1. The van der Waals surface area contributed by atoms with E-state index in [-0.39, 0.29) is 11.7 Å². The van der Waals surface area contributed by atoms with Crippen LogP contribution in [0.2, 0.25) is 0 Å². The molecule has 26 heavy (non-hydrogen) atoms. The summed E-state index contributed by atoms with van der Waals surface area (Å²) in [6, 6.07) is 7.98. The lowest BCUT2D eigenvalue weighted by Gasteiger charge is -2.45. The fourth-order valence-corrected chi connectivity index (χ4v) is 3.25. The van der Waals surface area contributed by atoms with Crippen molar-refractivity contribution in [2.45, 2.75) is 45.8 Å². The van der Waals surface area contributed by atoms with E-state index < -0.39 is 17.2 Å². The Balaban J connectivity index is 2.70. The molecule has 0 fully saturated rings. The summed E-state index contributed by atoms with van der Waals surface area (Å²) in [7, 11) is 1.65. The van der Waals surface area contributed by atoms with Gasteiger partial charge in [-0.3, -0.25) is 4.90 Å². The van der Waals surface area contributed by atoms with Crippen LogP contribution in [0.3, 0.4) is 0 Å². The number of amides is 1. The van der Waals surface area contributed by atoms with E-state index in [9.17, 15) is 9.18 Å². The van der Waals surface area contributed by atoms with Crippen LogP contribution in [0.15, 0.2) is 42.9 Å². The molecule has 0 aliphatic carbocycles. The number of nitrogens with zero attached hydrogens (tertiary/aromatic N) is 3. The smallest absolute Gasteiger partial charge is 0.411 e. The average Bonchev–Trinajstić information content (AvgIpc) is 2.54. The van der Waals surface area contributed by atoms with E-state index in [1.54, 1.807) is 31.4 Å². The van der Waals surface area contributed by atoms with Crippen LogP contribution in [-0.2, 0) is 10.3 Å². The molecule has 0 saturated heterocycles. The molecular weight excluding hydrogens is 333 g/mol. The largest absolute Gasteiger partial charge is 0.444 e. The lowest BCUT2D eigenvalue weighted by molar-refractivity contribution is 0.00131. The van der Waals surface area contributed by atoms with Crippen LogP contribution in [0, 0.1) is 11.7 Å². The van der Waals surface area contributed by atoms with Gasteiger partial charge < -0.3 is 4.74 Å². The van der Waals surface area contributed by atoms with Gasteiger partial charge in [0.15, 0.2) is 0 Å². The highest BCUT2D eigenvalue weighted by atomic mass is 19.1. The number of hydrogen-bond donors (Lipinski definition) is 0. The number of carbonyl (C=O) groups is 1. The molecule has 1 aromatic heterocycles. The highest BCUT2D eigenvalue weighted by molar-refractivity contribution is 5.70. The van der Waals surface area contributed by atoms with Crippen LogP contribution in [0.5, 0.6) is 0 Å². The first-order chi connectivity index (χ1) is 12.1. The van der Waals surface area contributed by atoms with Gasteiger partial charge in [0.1, 0.15) is 23.3 Å². The van der Waals surface area contributed by atoms with Crippen LogP contribution in [0.25, 0.3) is 0 Å². The average molecular weight is 359 g/mol.